The molecule has 0 aromatic heterocycles. The van der Waals surface area contributed by atoms with E-state index in [-0.39, 0.29) is 0 Å². The van der Waals surface area contributed by atoms with E-state index in [1.807, 2.05) is 6.08 Å². The number of sulfonamides is 1. The lowest BCUT2D eigenvalue weighted by Gasteiger charge is -2.32. The van der Waals surface area contributed by atoms with Gasteiger partial charge in [-0.1, -0.05) is 6.08 Å². The quantitative estimate of drug-likeness (QED) is 0.734. The highest BCUT2D eigenvalue weighted by atomic mass is 32.2. The van der Waals surface area contributed by atoms with E-state index in [2.05, 4.69) is 18.8 Å². The van der Waals surface area contributed by atoms with Crippen molar-refractivity contribution in [2.24, 2.45) is 0 Å². The molecular formula is C12H24N2O2S. The Morgan fingerprint density at radius 3 is 2.53 bits per heavy atom. The average molecular weight is 260 g/mol. The molecule has 0 radical (unpaired) electrons. The fourth-order valence-electron chi connectivity index (χ4n) is 2.21. The minimum atomic E-state index is -3.00. The standard InChI is InChI=1S/C12H24N2O2S/c1-4-5-6-11(2)13-12-7-9-14(10-8-12)17(3,15)16/h4,11-13H,1,5-10H2,2-3H3/t11-/m0/s1. The molecule has 0 spiro atoms. The van der Waals surface area contributed by atoms with Crippen LogP contribution in [-0.2, 0) is 10.0 Å². The summed E-state index contributed by atoms with van der Waals surface area (Å²) in [5.41, 5.74) is 0. The Bertz CT molecular complexity index is 332. The molecule has 4 nitrogen and oxygen atoms in total. The highest BCUT2D eigenvalue weighted by molar-refractivity contribution is 7.88. The third-order valence-corrected chi connectivity index (χ3v) is 4.55. The summed E-state index contributed by atoms with van der Waals surface area (Å²) >= 11 is 0. The molecular weight excluding hydrogens is 236 g/mol. The van der Waals surface area contributed by atoms with E-state index in [1.165, 1.54) is 6.26 Å². The number of nitrogens with zero attached hydrogens (tertiary/aromatic N) is 1. The summed E-state index contributed by atoms with van der Waals surface area (Å²) in [4.78, 5) is 0. The molecule has 0 bridgehead atoms. The molecule has 1 aliphatic rings. The lowest BCUT2D eigenvalue weighted by atomic mass is 10.0. The van der Waals surface area contributed by atoms with Crippen molar-refractivity contribution in [2.45, 2.75) is 44.7 Å². The first-order valence-electron chi connectivity index (χ1n) is 6.25. The highest BCUT2D eigenvalue weighted by Gasteiger charge is 2.25. The summed E-state index contributed by atoms with van der Waals surface area (Å²) in [5, 5.41) is 3.56. The molecule has 0 aliphatic carbocycles. The van der Waals surface area contributed by atoms with Gasteiger partial charge in [-0.05, 0) is 32.6 Å². The van der Waals surface area contributed by atoms with Crippen molar-refractivity contribution in [2.75, 3.05) is 19.3 Å². The van der Waals surface area contributed by atoms with Crippen LogP contribution in [0.5, 0.6) is 0 Å². The van der Waals surface area contributed by atoms with Gasteiger partial charge in [0.15, 0.2) is 0 Å². The second-order valence-corrected chi connectivity index (χ2v) is 6.85. The Balaban J connectivity index is 2.30. The van der Waals surface area contributed by atoms with Crippen molar-refractivity contribution in [1.29, 1.82) is 0 Å². The predicted molar refractivity (Wildman–Crippen MR) is 71.5 cm³/mol. The number of allylic oxidation sites excluding steroid dienone is 1. The van der Waals surface area contributed by atoms with E-state index in [4.69, 9.17) is 0 Å². The Kier molecular flexibility index (Phi) is 5.62. The third kappa shape index (κ3) is 5.19. The van der Waals surface area contributed by atoms with E-state index in [0.29, 0.717) is 25.2 Å². The van der Waals surface area contributed by atoms with Crippen LogP contribution >= 0.6 is 0 Å². The number of hydrogen-bond donors (Lipinski definition) is 1. The first-order valence-corrected chi connectivity index (χ1v) is 8.10. The van der Waals surface area contributed by atoms with Crippen LogP contribution in [0.4, 0.5) is 0 Å². The Hall–Kier alpha value is -0.390. The van der Waals surface area contributed by atoms with Gasteiger partial charge in [-0.15, -0.1) is 6.58 Å². The summed E-state index contributed by atoms with van der Waals surface area (Å²) in [7, 11) is -3.00. The molecule has 0 amide bonds. The van der Waals surface area contributed by atoms with Gasteiger partial charge in [0.05, 0.1) is 6.26 Å². The number of nitrogens with one attached hydrogen (secondary N) is 1. The van der Waals surface area contributed by atoms with Gasteiger partial charge in [0.1, 0.15) is 0 Å². The van der Waals surface area contributed by atoms with Gasteiger partial charge in [-0.2, -0.15) is 0 Å². The second-order valence-electron chi connectivity index (χ2n) is 4.87. The molecule has 0 saturated carbocycles. The van der Waals surface area contributed by atoms with Gasteiger partial charge in [0.25, 0.3) is 0 Å². The van der Waals surface area contributed by atoms with Crippen LogP contribution in [0.2, 0.25) is 0 Å². The molecule has 5 heteroatoms. The van der Waals surface area contributed by atoms with Crippen molar-refractivity contribution < 1.29 is 8.42 Å². The highest BCUT2D eigenvalue weighted by Crippen LogP contribution is 2.14. The normalized spacial score (nSPS) is 21.3. The van der Waals surface area contributed by atoms with Crippen LogP contribution in [0.25, 0.3) is 0 Å². The maximum Gasteiger partial charge on any atom is 0.211 e. The molecule has 1 saturated heterocycles. The number of piperidine rings is 1. The van der Waals surface area contributed by atoms with Gasteiger partial charge in [-0.25, -0.2) is 12.7 Å². The fourth-order valence-corrected chi connectivity index (χ4v) is 3.08. The third-order valence-electron chi connectivity index (χ3n) is 3.25. The Morgan fingerprint density at radius 2 is 2.06 bits per heavy atom. The zero-order valence-electron chi connectivity index (χ0n) is 10.9. The Labute approximate surface area is 105 Å². The van der Waals surface area contributed by atoms with E-state index >= 15 is 0 Å². The van der Waals surface area contributed by atoms with Crippen molar-refractivity contribution in [3.63, 3.8) is 0 Å². The van der Waals surface area contributed by atoms with Crippen LogP contribution in [-0.4, -0.2) is 44.2 Å². The van der Waals surface area contributed by atoms with E-state index in [9.17, 15) is 8.42 Å². The fraction of sp³-hybridized carbons (Fsp3) is 0.833. The van der Waals surface area contributed by atoms with Crippen molar-refractivity contribution >= 4 is 10.0 Å². The van der Waals surface area contributed by atoms with Crippen LogP contribution in [0, 0.1) is 0 Å². The molecule has 100 valence electrons. The van der Waals surface area contributed by atoms with E-state index in [0.717, 1.165) is 25.7 Å². The molecule has 1 heterocycles. The minimum absolute atomic E-state index is 0.452. The molecule has 1 rings (SSSR count). The zero-order valence-corrected chi connectivity index (χ0v) is 11.7. The van der Waals surface area contributed by atoms with Gasteiger partial charge in [0.2, 0.25) is 10.0 Å². The summed E-state index contributed by atoms with van der Waals surface area (Å²) in [5.74, 6) is 0. The lowest BCUT2D eigenvalue weighted by Crippen LogP contribution is -2.46. The molecule has 0 unspecified atom stereocenters. The van der Waals surface area contributed by atoms with Crippen LogP contribution in [0.1, 0.15) is 32.6 Å². The Morgan fingerprint density at radius 1 is 1.47 bits per heavy atom. The monoisotopic (exact) mass is 260 g/mol. The van der Waals surface area contributed by atoms with E-state index < -0.39 is 10.0 Å². The average Bonchev–Trinajstić information content (AvgIpc) is 2.26. The first-order chi connectivity index (χ1) is 7.93. The smallest absolute Gasteiger partial charge is 0.211 e. The number of rotatable bonds is 6. The van der Waals surface area contributed by atoms with E-state index in [1.54, 1.807) is 4.31 Å². The maximum atomic E-state index is 11.4. The zero-order chi connectivity index (χ0) is 12.9. The molecule has 0 aromatic rings. The van der Waals surface area contributed by atoms with Crippen molar-refractivity contribution in [1.82, 2.24) is 9.62 Å². The van der Waals surface area contributed by atoms with Crippen LogP contribution in [0.3, 0.4) is 0 Å². The summed E-state index contributed by atoms with van der Waals surface area (Å²) in [6.45, 7) is 7.18. The molecule has 1 atom stereocenters. The maximum absolute atomic E-state index is 11.4. The topological polar surface area (TPSA) is 49.4 Å². The minimum Gasteiger partial charge on any atom is -0.311 e. The lowest BCUT2D eigenvalue weighted by molar-refractivity contribution is 0.274. The van der Waals surface area contributed by atoms with Crippen molar-refractivity contribution in [3.8, 4) is 0 Å². The second kappa shape index (κ2) is 6.52. The molecule has 1 fully saturated rings. The summed E-state index contributed by atoms with van der Waals surface area (Å²) < 4.78 is 24.3. The van der Waals surface area contributed by atoms with Gasteiger partial charge < -0.3 is 5.32 Å². The largest absolute Gasteiger partial charge is 0.311 e. The molecule has 17 heavy (non-hydrogen) atoms. The first kappa shape index (κ1) is 14.7. The van der Waals surface area contributed by atoms with Crippen LogP contribution in [0.15, 0.2) is 12.7 Å². The predicted octanol–water partition coefficient (Wildman–Crippen LogP) is 1.35. The van der Waals surface area contributed by atoms with Gasteiger partial charge in [0, 0.05) is 25.2 Å². The van der Waals surface area contributed by atoms with Crippen LogP contribution < -0.4 is 5.32 Å². The molecule has 1 aliphatic heterocycles. The SMILES string of the molecule is C=CCC[C@H](C)NC1CCN(S(C)(=O)=O)CC1. The summed E-state index contributed by atoms with van der Waals surface area (Å²) in [6, 6.07) is 0.926. The summed E-state index contributed by atoms with van der Waals surface area (Å²) in [6.07, 6.45) is 7.15. The number of hydrogen-bond acceptors (Lipinski definition) is 3. The van der Waals surface area contributed by atoms with Gasteiger partial charge in [-0.3, -0.25) is 0 Å². The van der Waals surface area contributed by atoms with Gasteiger partial charge >= 0.3 is 0 Å². The molecule has 0 aromatic carbocycles. The van der Waals surface area contributed by atoms with Crippen molar-refractivity contribution in [3.05, 3.63) is 12.7 Å². The molecule has 1 N–H and O–H groups in total.